The third-order valence-electron chi connectivity index (χ3n) is 2.48. The van der Waals surface area contributed by atoms with Gasteiger partial charge in [-0.15, -0.1) is 0 Å². The molecule has 2 amide bonds. The fourth-order valence-corrected chi connectivity index (χ4v) is 1.49. The standard InChI is InChI=1S/C9H16F2N2O/c1-7-2-4-13(5-3-7)9(14)12-6-8(10)11/h7-8H,2-6H2,1H3,(H,12,14). The van der Waals surface area contributed by atoms with E-state index in [4.69, 9.17) is 0 Å². The summed E-state index contributed by atoms with van der Waals surface area (Å²) in [5.74, 6) is 0.633. The number of carbonyl (C=O) groups excluding carboxylic acids is 1. The second kappa shape index (κ2) is 5.12. The first-order valence-corrected chi connectivity index (χ1v) is 4.90. The Morgan fingerprint density at radius 2 is 2.07 bits per heavy atom. The van der Waals surface area contributed by atoms with Crippen LogP contribution < -0.4 is 5.32 Å². The first-order valence-electron chi connectivity index (χ1n) is 4.90. The quantitative estimate of drug-likeness (QED) is 0.732. The zero-order chi connectivity index (χ0) is 10.6. The van der Waals surface area contributed by atoms with Crippen molar-refractivity contribution in [1.82, 2.24) is 10.2 Å². The molecule has 1 saturated heterocycles. The average Bonchev–Trinajstić information content (AvgIpc) is 2.15. The first-order chi connectivity index (χ1) is 6.59. The van der Waals surface area contributed by atoms with E-state index in [1.54, 1.807) is 4.90 Å². The van der Waals surface area contributed by atoms with E-state index in [9.17, 15) is 13.6 Å². The van der Waals surface area contributed by atoms with Crippen LogP contribution in [0.25, 0.3) is 0 Å². The van der Waals surface area contributed by atoms with Gasteiger partial charge in [0, 0.05) is 13.1 Å². The number of piperidine rings is 1. The molecule has 82 valence electrons. The number of halogens is 2. The molecule has 0 saturated carbocycles. The molecule has 0 radical (unpaired) electrons. The largest absolute Gasteiger partial charge is 0.332 e. The predicted molar refractivity (Wildman–Crippen MR) is 49.4 cm³/mol. The van der Waals surface area contributed by atoms with Crippen molar-refractivity contribution in [1.29, 1.82) is 0 Å². The van der Waals surface area contributed by atoms with Gasteiger partial charge in [-0.2, -0.15) is 0 Å². The molecule has 0 aromatic rings. The lowest BCUT2D eigenvalue weighted by Gasteiger charge is -2.30. The lowest BCUT2D eigenvalue weighted by atomic mass is 10.00. The molecule has 1 fully saturated rings. The summed E-state index contributed by atoms with van der Waals surface area (Å²) in [7, 11) is 0. The molecule has 0 aliphatic carbocycles. The van der Waals surface area contributed by atoms with E-state index in [1.807, 2.05) is 0 Å². The summed E-state index contributed by atoms with van der Waals surface area (Å²) in [6.45, 7) is 2.94. The zero-order valence-corrected chi connectivity index (χ0v) is 8.30. The highest BCUT2D eigenvalue weighted by Crippen LogP contribution is 2.15. The minimum atomic E-state index is -2.47. The van der Waals surface area contributed by atoms with Crippen molar-refractivity contribution in [3.8, 4) is 0 Å². The van der Waals surface area contributed by atoms with Crippen molar-refractivity contribution in [3.05, 3.63) is 0 Å². The van der Waals surface area contributed by atoms with E-state index in [0.717, 1.165) is 12.8 Å². The third kappa shape index (κ3) is 3.47. The summed E-state index contributed by atoms with van der Waals surface area (Å²) in [4.78, 5) is 12.9. The van der Waals surface area contributed by atoms with Crippen molar-refractivity contribution >= 4 is 6.03 Å². The molecule has 0 spiro atoms. The molecule has 14 heavy (non-hydrogen) atoms. The van der Waals surface area contributed by atoms with Gasteiger partial charge in [-0.05, 0) is 18.8 Å². The van der Waals surface area contributed by atoms with Gasteiger partial charge in [-0.1, -0.05) is 6.92 Å². The van der Waals surface area contributed by atoms with Crippen LogP contribution in [0.4, 0.5) is 13.6 Å². The molecule has 1 heterocycles. The van der Waals surface area contributed by atoms with Gasteiger partial charge >= 0.3 is 6.03 Å². The van der Waals surface area contributed by atoms with Crippen LogP contribution in [0.1, 0.15) is 19.8 Å². The summed E-state index contributed by atoms with van der Waals surface area (Å²) in [5.41, 5.74) is 0. The van der Waals surface area contributed by atoms with Gasteiger partial charge in [-0.25, -0.2) is 13.6 Å². The van der Waals surface area contributed by atoms with Crippen molar-refractivity contribution in [2.24, 2.45) is 5.92 Å². The van der Waals surface area contributed by atoms with Gasteiger partial charge in [0.2, 0.25) is 0 Å². The maximum atomic E-state index is 11.8. The molecule has 3 nitrogen and oxygen atoms in total. The van der Waals surface area contributed by atoms with Gasteiger partial charge in [0.1, 0.15) is 0 Å². The Kier molecular flexibility index (Phi) is 4.10. The number of urea groups is 1. The van der Waals surface area contributed by atoms with Crippen LogP contribution in [0.2, 0.25) is 0 Å². The average molecular weight is 206 g/mol. The van der Waals surface area contributed by atoms with Crippen LogP contribution in [-0.2, 0) is 0 Å². The molecular formula is C9H16F2N2O. The van der Waals surface area contributed by atoms with Gasteiger partial charge < -0.3 is 10.2 Å². The van der Waals surface area contributed by atoms with Gasteiger partial charge in [0.15, 0.2) is 0 Å². The Morgan fingerprint density at radius 3 is 2.57 bits per heavy atom. The van der Waals surface area contributed by atoms with Crippen LogP contribution in [-0.4, -0.2) is 37.0 Å². The maximum Gasteiger partial charge on any atom is 0.317 e. The zero-order valence-electron chi connectivity index (χ0n) is 8.30. The molecule has 0 aromatic heterocycles. The van der Waals surface area contributed by atoms with Crippen molar-refractivity contribution in [2.75, 3.05) is 19.6 Å². The van der Waals surface area contributed by atoms with E-state index in [2.05, 4.69) is 12.2 Å². The second-order valence-electron chi connectivity index (χ2n) is 3.75. The van der Waals surface area contributed by atoms with E-state index in [-0.39, 0.29) is 6.03 Å². The topological polar surface area (TPSA) is 32.3 Å². The lowest BCUT2D eigenvalue weighted by Crippen LogP contribution is -2.45. The highest BCUT2D eigenvalue weighted by molar-refractivity contribution is 5.74. The number of hydrogen-bond acceptors (Lipinski definition) is 1. The van der Waals surface area contributed by atoms with Gasteiger partial charge in [0.05, 0.1) is 6.54 Å². The molecule has 1 rings (SSSR count). The summed E-state index contributed by atoms with van der Waals surface area (Å²) < 4.78 is 23.6. The van der Waals surface area contributed by atoms with Crippen molar-refractivity contribution in [3.63, 3.8) is 0 Å². The molecule has 0 aromatic carbocycles. The van der Waals surface area contributed by atoms with Crippen LogP contribution in [0.15, 0.2) is 0 Å². The Balaban J connectivity index is 2.24. The molecule has 1 aliphatic heterocycles. The molecule has 0 atom stereocenters. The Hall–Kier alpha value is -0.870. The predicted octanol–water partition coefficient (Wildman–Crippen LogP) is 1.69. The molecule has 0 bridgehead atoms. The number of amides is 2. The van der Waals surface area contributed by atoms with E-state index >= 15 is 0 Å². The number of alkyl halides is 2. The van der Waals surface area contributed by atoms with Crippen LogP contribution >= 0.6 is 0 Å². The number of hydrogen-bond donors (Lipinski definition) is 1. The minimum absolute atomic E-state index is 0.364. The summed E-state index contributed by atoms with van der Waals surface area (Å²) >= 11 is 0. The normalized spacial score (nSPS) is 18.7. The molecule has 5 heteroatoms. The van der Waals surface area contributed by atoms with E-state index in [1.165, 1.54) is 0 Å². The fourth-order valence-electron chi connectivity index (χ4n) is 1.49. The van der Waals surface area contributed by atoms with Crippen molar-refractivity contribution < 1.29 is 13.6 Å². The van der Waals surface area contributed by atoms with Gasteiger partial charge in [0.25, 0.3) is 6.43 Å². The smallest absolute Gasteiger partial charge is 0.317 e. The number of nitrogens with zero attached hydrogens (tertiary/aromatic N) is 1. The first kappa shape index (κ1) is 11.2. The Labute approximate surface area is 82.5 Å². The lowest BCUT2D eigenvalue weighted by molar-refractivity contribution is 0.134. The van der Waals surface area contributed by atoms with Crippen LogP contribution in [0.3, 0.4) is 0 Å². The second-order valence-corrected chi connectivity index (χ2v) is 3.75. The highest BCUT2D eigenvalue weighted by atomic mass is 19.3. The number of likely N-dealkylation sites (tertiary alicyclic amines) is 1. The van der Waals surface area contributed by atoms with E-state index < -0.39 is 13.0 Å². The maximum absolute atomic E-state index is 11.8. The summed E-state index contributed by atoms with van der Waals surface area (Å²) in [5, 5.41) is 2.20. The highest BCUT2D eigenvalue weighted by Gasteiger charge is 2.20. The third-order valence-corrected chi connectivity index (χ3v) is 2.48. The van der Waals surface area contributed by atoms with Crippen LogP contribution in [0.5, 0.6) is 0 Å². The Morgan fingerprint density at radius 1 is 1.50 bits per heavy atom. The molecule has 1 N–H and O–H groups in total. The number of carbonyl (C=O) groups is 1. The molecule has 1 aliphatic rings. The fraction of sp³-hybridized carbons (Fsp3) is 0.889. The minimum Gasteiger partial charge on any atom is -0.332 e. The number of nitrogens with one attached hydrogen (secondary N) is 1. The summed E-state index contributed by atoms with van der Waals surface area (Å²) in [6.07, 6.45) is -0.549. The Bertz CT molecular complexity index is 191. The van der Waals surface area contributed by atoms with Crippen molar-refractivity contribution in [2.45, 2.75) is 26.2 Å². The summed E-state index contributed by atoms with van der Waals surface area (Å²) in [6, 6.07) is -0.364. The molecular weight excluding hydrogens is 190 g/mol. The monoisotopic (exact) mass is 206 g/mol. The molecule has 0 unspecified atom stereocenters. The van der Waals surface area contributed by atoms with Crippen LogP contribution in [0, 0.1) is 5.92 Å². The SMILES string of the molecule is CC1CCN(C(=O)NCC(F)F)CC1. The van der Waals surface area contributed by atoms with E-state index in [0.29, 0.717) is 19.0 Å². The number of rotatable bonds is 2. The van der Waals surface area contributed by atoms with Gasteiger partial charge in [-0.3, -0.25) is 0 Å².